The van der Waals surface area contributed by atoms with E-state index in [0.29, 0.717) is 0 Å². The van der Waals surface area contributed by atoms with Crippen LogP contribution in [0.1, 0.15) is 144 Å². The molecule has 234 valence electrons. The van der Waals surface area contributed by atoms with Crippen LogP contribution in [0.2, 0.25) is 0 Å². The van der Waals surface area contributed by atoms with Crippen LogP contribution >= 0.6 is 27.3 Å². The largest absolute Gasteiger partial charge is 0.318 e. The molecule has 4 saturated carbocycles. The first-order valence-corrected chi connectivity index (χ1v) is 22.1. The predicted octanol–water partition coefficient (Wildman–Crippen LogP) is 13.0. The third-order valence-corrected chi connectivity index (χ3v) is 20.2. The molecule has 0 bridgehead atoms. The summed E-state index contributed by atoms with van der Waals surface area (Å²) in [4.78, 5) is 3.31. The average Bonchev–Trinajstić information content (AvgIpc) is 3.50. The highest BCUT2D eigenvalue weighted by molar-refractivity contribution is 7.68. The summed E-state index contributed by atoms with van der Waals surface area (Å²) < 4.78 is 3.11. The number of thiophene rings is 1. The SMILES string of the molecule is Cc1sc(C)c(P(C2CCCCC2)C2CCCCC2)c1-c1c(C)c2ccccc2n1P(C1CCCCC1)C1CCCCC1. The highest BCUT2D eigenvalue weighted by atomic mass is 32.1. The van der Waals surface area contributed by atoms with Crippen molar-refractivity contribution in [2.75, 3.05) is 0 Å². The second kappa shape index (κ2) is 14.0. The Morgan fingerprint density at radius 2 is 1.05 bits per heavy atom. The summed E-state index contributed by atoms with van der Waals surface area (Å²) in [5, 5.41) is 3.44. The summed E-state index contributed by atoms with van der Waals surface area (Å²) in [6.07, 6.45) is 29.5. The van der Waals surface area contributed by atoms with E-state index in [4.69, 9.17) is 0 Å². The first kappa shape index (κ1) is 30.9. The summed E-state index contributed by atoms with van der Waals surface area (Å²) in [5.41, 5.74) is 10.3. The zero-order chi connectivity index (χ0) is 29.3. The Kier molecular flexibility index (Phi) is 10.1. The van der Waals surface area contributed by atoms with Crippen LogP contribution < -0.4 is 5.30 Å². The normalized spacial score (nSPS) is 22.3. The summed E-state index contributed by atoms with van der Waals surface area (Å²) in [6, 6.07) is 9.66. The molecule has 0 aliphatic heterocycles. The molecule has 0 radical (unpaired) electrons. The van der Waals surface area contributed by atoms with E-state index in [1.807, 2.05) is 5.30 Å². The quantitative estimate of drug-likeness (QED) is 0.228. The Hall–Kier alpha value is -0.680. The summed E-state index contributed by atoms with van der Waals surface area (Å²) in [5.74, 6) is 0. The summed E-state index contributed by atoms with van der Waals surface area (Å²) in [6.45, 7) is 7.56. The van der Waals surface area contributed by atoms with Crippen molar-refractivity contribution in [3.63, 3.8) is 0 Å². The minimum atomic E-state index is -0.251. The molecule has 4 aliphatic rings. The Balaban J connectivity index is 1.45. The van der Waals surface area contributed by atoms with E-state index in [1.54, 1.807) is 37.5 Å². The van der Waals surface area contributed by atoms with E-state index in [2.05, 4.69) is 60.7 Å². The predicted molar refractivity (Wildman–Crippen MR) is 196 cm³/mol. The van der Waals surface area contributed by atoms with Gasteiger partial charge in [0.05, 0.1) is 11.2 Å². The van der Waals surface area contributed by atoms with Gasteiger partial charge in [-0.2, -0.15) is 0 Å². The molecule has 0 amide bonds. The van der Waals surface area contributed by atoms with E-state index in [0.717, 1.165) is 22.6 Å². The molecular weight excluding hydrogens is 576 g/mol. The van der Waals surface area contributed by atoms with Gasteiger partial charge in [0.25, 0.3) is 0 Å². The van der Waals surface area contributed by atoms with Crippen LogP contribution in [0.25, 0.3) is 22.2 Å². The molecule has 1 nitrogen and oxygen atoms in total. The molecular formula is C39H57NP2S. The second-order valence-corrected chi connectivity index (χ2v) is 21.5. The maximum absolute atomic E-state index is 3.11. The summed E-state index contributed by atoms with van der Waals surface area (Å²) >= 11 is 2.17. The third-order valence-electron chi connectivity index (χ3n) is 11.9. The Bertz CT molecular complexity index is 1330. The van der Waals surface area contributed by atoms with Crippen LogP contribution in [0.3, 0.4) is 0 Å². The van der Waals surface area contributed by atoms with Gasteiger partial charge in [0, 0.05) is 28.8 Å². The lowest BCUT2D eigenvalue weighted by Gasteiger charge is -2.41. The number of aryl methyl sites for hydroxylation is 3. The third kappa shape index (κ3) is 6.10. The van der Waals surface area contributed by atoms with Gasteiger partial charge < -0.3 is 4.34 Å². The molecule has 7 rings (SSSR count). The van der Waals surface area contributed by atoms with E-state index in [9.17, 15) is 0 Å². The number of hydrogen-bond donors (Lipinski definition) is 0. The number of aromatic nitrogens is 1. The van der Waals surface area contributed by atoms with Gasteiger partial charge in [-0.05, 0) is 112 Å². The van der Waals surface area contributed by atoms with Gasteiger partial charge in [-0.25, -0.2) is 0 Å². The van der Waals surface area contributed by atoms with E-state index in [1.165, 1.54) is 128 Å². The molecule has 4 heteroatoms. The van der Waals surface area contributed by atoms with Crippen molar-refractivity contribution in [1.82, 2.24) is 4.34 Å². The zero-order valence-corrected chi connectivity index (χ0v) is 30.1. The molecule has 0 N–H and O–H groups in total. The van der Waals surface area contributed by atoms with Gasteiger partial charge in [-0.15, -0.1) is 11.3 Å². The molecule has 43 heavy (non-hydrogen) atoms. The second-order valence-electron chi connectivity index (χ2n) is 14.7. The molecule has 0 unspecified atom stereocenters. The van der Waals surface area contributed by atoms with Crippen molar-refractivity contribution in [2.45, 2.75) is 172 Å². The zero-order valence-electron chi connectivity index (χ0n) is 27.5. The van der Waals surface area contributed by atoms with Crippen LogP contribution in [0.15, 0.2) is 24.3 Å². The van der Waals surface area contributed by atoms with Crippen LogP contribution in [-0.2, 0) is 0 Å². The monoisotopic (exact) mass is 633 g/mol. The maximum Gasteiger partial charge on any atom is 0.0573 e. The fourth-order valence-electron chi connectivity index (χ4n) is 9.87. The first-order chi connectivity index (χ1) is 21.1. The fraction of sp³-hybridized carbons (Fsp3) is 0.692. The minimum absolute atomic E-state index is 0.135. The van der Waals surface area contributed by atoms with Crippen molar-refractivity contribution < 1.29 is 0 Å². The van der Waals surface area contributed by atoms with Crippen molar-refractivity contribution in [3.8, 4) is 11.3 Å². The minimum Gasteiger partial charge on any atom is -0.318 e. The molecule has 1 aromatic carbocycles. The molecule has 4 fully saturated rings. The lowest BCUT2D eigenvalue weighted by molar-refractivity contribution is 0.482. The lowest BCUT2D eigenvalue weighted by Crippen LogP contribution is -2.28. The highest BCUT2D eigenvalue weighted by Gasteiger charge is 2.40. The standard InChI is InChI=1S/C39H57NP2S/c1-28-35-26-16-17-27-36(35)40(42(33-22-12-6-13-23-33)34-24-14-7-15-25-34)38(28)37-29(2)43-30(3)39(37)41(31-18-8-4-9-19-31)32-20-10-5-11-21-32/h16-17,26-27,31-34H,4-15,18-25H2,1-3H3. The number of benzene rings is 1. The van der Waals surface area contributed by atoms with Gasteiger partial charge in [0.2, 0.25) is 0 Å². The van der Waals surface area contributed by atoms with Crippen molar-refractivity contribution in [1.29, 1.82) is 0 Å². The van der Waals surface area contributed by atoms with E-state index >= 15 is 0 Å². The molecule has 0 spiro atoms. The van der Waals surface area contributed by atoms with E-state index < -0.39 is 0 Å². The lowest BCUT2D eigenvalue weighted by atomic mass is 9.99. The number of nitrogens with zero attached hydrogens (tertiary/aromatic N) is 1. The maximum atomic E-state index is 3.11. The smallest absolute Gasteiger partial charge is 0.0573 e. The van der Waals surface area contributed by atoms with Gasteiger partial charge in [-0.3, -0.25) is 0 Å². The number of fused-ring (bicyclic) bond motifs is 1. The van der Waals surface area contributed by atoms with Gasteiger partial charge >= 0.3 is 0 Å². The van der Waals surface area contributed by atoms with Crippen LogP contribution in [0.4, 0.5) is 0 Å². The van der Waals surface area contributed by atoms with Gasteiger partial charge in [0.1, 0.15) is 0 Å². The molecule has 3 aromatic rings. The average molecular weight is 634 g/mol. The van der Waals surface area contributed by atoms with E-state index in [-0.39, 0.29) is 16.0 Å². The Morgan fingerprint density at radius 1 is 0.581 bits per heavy atom. The molecule has 4 aliphatic carbocycles. The van der Waals surface area contributed by atoms with Gasteiger partial charge in [0.15, 0.2) is 0 Å². The molecule has 0 atom stereocenters. The highest BCUT2D eigenvalue weighted by Crippen LogP contribution is 2.63. The number of hydrogen-bond acceptors (Lipinski definition) is 1. The molecule has 2 heterocycles. The Labute approximate surface area is 269 Å². The fourth-order valence-corrected chi connectivity index (χ4v) is 19.4. The van der Waals surface area contributed by atoms with Gasteiger partial charge in [-0.1, -0.05) is 103 Å². The molecule has 2 aromatic heterocycles. The van der Waals surface area contributed by atoms with Crippen molar-refractivity contribution in [2.24, 2.45) is 0 Å². The van der Waals surface area contributed by atoms with Crippen LogP contribution in [0, 0.1) is 20.8 Å². The Morgan fingerprint density at radius 3 is 1.56 bits per heavy atom. The number of rotatable bonds is 7. The first-order valence-electron chi connectivity index (χ1n) is 18.4. The number of para-hydroxylation sites is 1. The van der Waals surface area contributed by atoms with Crippen LogP contribution in [-0.4, -0.2) is 27.0 Å². The van der Waals surface area contributed by atoms with Crippen molar-refractivity contribution >= 4 is 43.5 Å². The topological polar surface area (TPSA) is 4.93 Å². The molecule has 0 saturated heterocycles. The van der Waals surface area contributed by atoms with Crippen LogP contribution in [0.5, 0.6) is 0 Å². The van der Waals surface area contributed by atoms with Crippen molar-refractivity contribution in [3.05, 3.63) is 39.6 Å². The summed E-state index contributed by atoms with van der Waals surface area (Å²) in [7, 11) is -0.385.